The van der Waals surface area contributed by atoms with Gasteiger partial charge in [0.25, 0.3) is 0 Å². The summed E-state index contributed by atoms with van der Waals surface area (Å²) in [5.41, 5.74) is 1.52. The van der Waals surface area contributed by atoms with Crippen molar-refractivity contribution in [1.82, 2.24) is 0 Å². The average molecular weight is 330 g/mol. The molecular weight excluding hydrogens is 316 g/mol. The lowest BCUT2D eigenvalue weighted by molar-refractivity contribution is 0.493. The second kappa shape index (κ2) is 6.09. The summed E-state index contributed by atoms with van der Waals surface area (Å²) in [7, 11) is -3.05. The summed E-state index contributed by atoms with van der Waals surface area (Å²) in [5.74, 6) is 0.493. The highest BCUT2D eigenvalue weighted by Gasteiger charge is 2.18. The van der Waals surface area contributed by atoms with Gasteiger partial charge in [0.15, 0.2) is 0 Å². The van der Waals surface area contributed by atoms with Crippen molar-refractivity contribution in [3.63, 3.8) is 0 Å². The van der Waals surface area contributed by atoms with Crippen molar-refractivity contribution < 1.29 is 9.09 Å². The number of hydrogen-bond acceptors (Lipinski definition) is 2. The zero-order chi connectivity index (χ0) is 14.8. The van der Waals surface area contributed by atoms with Crippen LogP contribution in [0.15, 0.2) is 42.5 Å². The van der Waals surface area contributed by atoms with Gasteiger partial charge in [-0.05, 0) is 48.9 Å². The molecule has 0 radical (unpaired) electrons. The van der Waals surface area contributed by atoms with Crippen LogP contribution in [0.3, 0.4) is 0 Å². The standard InChI is InChI=1S/C14H14Cl2NO2P/c1-10-13(16)4-3-5-14(10)17-20(2,18)19-12-8-6-11(15)7-9-12/h3-9H,1-2H3,(H,17,18). The van der Waals surface area contributed by atoms with E-state index in [0.29, 0.717) is 21.5 Å². The quantitative estimate of drug-likeness (QED) is 0.740. The molecule has 2 aromatic carbocycles. The van der Waals surface area contributed by atoms with Gasteiger partial charge in [0.05, 0.1) is 0 Å². The highest BCUT2D eigenvalue weighted by Crippen LogP contribution is 2.44. The first-order chi connectivity index (χ1) is 9.37. The SMILES string of the molecule is Cc1c(Cl)cccc1NP(C)(=O)Oc1ccc(Cl)cc1. The molecule has 0 aliphatic rings. The molecule has 20 heavy (non-hydrogen) atoms. The summed E-state index contributed by atoms with van der Waals surface area (Å²) in [6.07, 6.45) is 0. The smallest absolute Gasteiger partial charge is 0.338 e. The lowest BCUT2D eigenvalue weighted by Gasteiger charge is -2.19. The molecule has 0 saturated carbocycles. The van der Waals surface area contributed by atoms with E-state index in [2.05, 4.69) is 5.09 Å². The molecule has 1 unspecified atom stereocenters. The van der Waals surface area contributed by atoms with E-state index in [0.717, 1.165) is 5.56 Å². The van der Waals surface area contributed by atoms with Crippen LogP contribution in [0.5, 0.6) is 5.75 Å². The Bertz CT molecular complexity index is 659. The number of anilines is 1. The van der Waals surface area contributed by atoms with Gasteiger partial charge in [-0.25, -0.2) is 0 Å². The fourth-order valence-corrected chi connectivity index (χ4v) is 3.22. The van der Waals surface area contributed by atoms with E-state index >= 15 is 0 Å². The largest absolute Gasteiger partial charge is 0.429 e. The molecule has 0 aromatic heterocycles. The Morgan fingerprint density at radius 2 is 1.75 bits per heavy atom. The minimum Gasteiger partial charge on any atom is -0.429 e. The summed E-state index contributed by atoms with van der Waals surface area (Å²) in [6.45, 7) is 3.37. The third-order valence-electron chi connectivity index (χ3n) is 2.68. The molecule has 2 rings (SSSR count). The highest BCUT2D eigenvalue weighted by molar-refractivity contribution is 7.60. The summed E-state index contributed by atoms with van der Waals surface area (Å²) < 4.78 is 18.0. The van der Waals surface area contributed by atoms with Crippen molar-refractivity contribution in [2.24, 2.45) is 0 Å². The van der Waals surface area contributed by atoms with Crippen molar-refractivity contribution in [2.45, 2.75) is 6.92 Å². The van der Waals surface area contributed by atoms with Crippen molar-refractivity contribution in [3.8, 4) is 5.75 Å². The Labute approximate surface area is 128 Å². The van der Waals surface area contributed by atoms with Crippen molar-refractivity contribution >= 4 is 36.4 Å². The van der Waals surface area contributed by atoms with E-state index in [-0.39, 0.29) is 0 Å². The summed E-state index contributed by atoms with van der Waals surface area (Å²) in [5, 5.41) is 4.12. The van der Waals surface area contributed by atoms with Gasteiger partial charge in [-0.3, -0.25) is 4.57 Å². The highest BCUT2D eigenvalue weighted by atomic mass is 35.5. The van der Waals surface area contributed by atoms with Gasteiger partial charge < -0.3 is 9.61 Å². The topological polar surface area (TPSA) is 38.3 Å². The van der Waals surface area contributed by atoms with Crippen LogP contribution in [0.2, 0.25) is 10.0 Å². The van der Waals surface area contributed by atoms with Crippen LogP contribution < -0.4 is 9.61 Å². The lowest BCUT2D eigenvalue weighted by atomic mass is 10.2. The zero-order valence-corrected chi connectivity index (χ0v) is 13.5. The number of rotatable bonds is 4. The lowest BCUT2D eigenvalue weighted by Crippen LogP contribution is -2.03. The van der Waals surface area contributed by atoms with Crippen LogP contribution in [0.25, 0.3) is 0 Å². The van der Waals surface area contributed by atoms with Crippen molar-refractivity contribution in [3.05, 3.63) is 58.1 Å². The second-order valence-electron chi connectivity index (χ2n) is 4.42. The predicted octanol–water partition coefficient (Wildman–Crippen LogP) is 5.62. The van der Waals surface area contributed by atoms with Crippen molar-refractivity contribution in [2.75, 3.05) is 11.8 Å². The van der Waals surface area contributed by atoms with E-state index in [1.807, 2.05) is 13.0 Å². The molecular formula is C14H14Cl2NO2P. The average Bonchev–Trinajstić information content (AvgIpc) is 2.37. The summed E-state index contributed by atoms with van der Waals surface area (Å²) >= 11 is 11.8. The van der Waals surface area contributed by atoms with Gasteiger partial charge in [-0.2, -0.15) is 0 Å². The Morgan fingerprint density at radius 1 is 1.10 bits per heavy atom. The minimum absolute atomic E-state index is 0.493. The maximum atomic E-state index is 12.5. The molecule has 0 aliphatic carbocycles. The van der Waals surface area contributed by atoms with Crippen LogP contribution >= 0.6 is 30.7 Å². The molecule has 0 heterocycles. The van der Waals surface area contributed by atoms with Gasteiger partial charge >= 0.3 is 7.52 Å². The molecule has 3 nitrogen and oxygen atoms in total. The Kier molecular flexibility index (Phi) is 4.64. The molecule has 1 N–H and O–H groups in total. The maximum absolute atomic E-state index is 12.5. The van der Waals surface area contributed by atoms with Crippen LogP contribution in [0.1, 0.15) is 5.56 Å². The number of halogens is 2. The van der Waals surface area contributed by atoms with Gasteiger partial charge in [0, 0.05) is 22.4 Å². The minimum atomic E-state index is -3.05. The maximum Gasteiger partial charge on any atom is 0.338 e. The first-order valence-electron chi connectivity index (χ1n) is 5.93. The molecule has 1 atom stereocenters. The van der Waals surface area contributed by atoms with Gasteiger partial charge in [0.2, 0.25) is 0 Å². The molecule has 2 aromatic rings. The Hall–Kier alpha value is -1.15. The summed E-state index contributed by atoms with van der Waals surface area (Å²) in [4.78, 5) is 0. The van der Waals surface area contributed by atoms with Crippen LogP contribution in [0, 0.1) is 6.92 Å². The molecule has 0 amide bonds. The van der Waals surface area contributed by atoms with Gasteiger partial charge in [-0.15, -0.1) is 0 Å². The van der Waals surface area contributed by atoms with E-state index in [9.17, 15) is 4.57 Å². The fraction of sp³-hybridized carbons (Fsp3) is 0.143. The third-order valence-corrected chi connectivity index (χ3v) is 4.55. The number of hydrogen-bond donors (Lipinski definition) is 1. The Morgan fingerprint density at radius 3 is 2.40 bits per heavy atom. The Balaban J connectivity index is 2.16. The molecule has 106 valence electrons. The third kappa shape index (κ3) is 3.92. The van der Waals surface area contributed by atoms with Gasteiger partial charge in [-0.1, -0.05) is 29.3 Å². The normalized spacial score (nSPS) is 13.6. The van der Waals surface area contributed by atoms with E-state index in [4.69, 9.17) is 27.7 Å². The first kappa shape index (κ1) is 15.2. The first-order valence-corrected chi connectivity index (χ1v) is 8.76. The molecule has 0 aliphatic heterocycles. The zero-order valence-electron chi connectivity index (χ0n) is 11.1. The molecule has 0 bridgehead atoms. The number of benzene rings is 2. The molecule has 6 heteroatoms. The molecule has 0 fully saturated rings. The monoisotopic (exact) mass is 329 g/mol. The van der Waals surface area contributed by atoms with Crippen LogP contribution in [0.4, 0.5) is 5.69 Å². The van der Waals surface area contributed by atoms with E-state index < -0.39 is 7.52 Å². The van der Waals surface area contributed by atoms with Crippen LogP contribution in [-0.2, 0) is 4.57 Å². The summed E-state index contributed by atoms with van der Waals surface area (Å²) in [6, 6.07) is 12.1. The molecule has 0 spiro atoms. The molecule has 0 saturated heterocycles. The van der Waals surface area contributed by atoms with E-state index in [1.165, 1.54) is 6.66 Å². The fourth-order valence-electron chi connectivity index (χ4n) is 1.67. The predicted molar refractivity (Wildman–Crippen MR) is 85.4 cm³/mol. The number of nitrogens with one attached hydrogen (secondary N) is 1. The van der Waals surface area contributed by atoms with Crippen LogP contribution in [-0.4, -0.2) is 6.66 Å². The van der Waals surface area contributed by atoms with Crippen molar-refractivity contribution in [1.29, 1.82) is 0 Å². The van der Waals surface area contributed by atoms with E-state index in [1.54, 1.807) is 36.4 Å². The van der Waals surface area contributed by atoms with Gasteiger partial charge in [0.1, 0.15) is 5.75 Å². The second-order valence-corrected chi connectivity index (χ2v) is 7.36.